The van der Waals surface area contributed by atoms with Crippen molar-refractivity contribution in [2.24, 2.45) is 0 Å². The third kappa shape index (κ3) is 7.08. The number of hydrogen-bond donors (Lipinski definition) is 1. The van der Waals surface area contributed by atoms with Gasteiger partial charge in [0, 0.05) is 50.0 Å². The Kier molecular flexibility index (Phi) is 10.1. The zero-order chi connectivity index (χ0) is 32.2. The standard InChI is InChI=1S/C28H34N4O4S.C2HF3O2/c1-29(2)14-15-30-16-18-31(19-17-30)28(33)24-20-32(25-11-7-6-8-21(24)25)37(34,35)27-13-12-26(36-3)22-9-4-5-10-23(22)27;3-2(4,5)1(6)7/h4-13,24H,14-20H2,1-3H3;(H,6,7). The lowest BCUT2D eigenvalue weighted by molar-refractivity contribution is -0.192. The number of hydrogen-bond acceptors (Lipinski definition) is 7. The number of amides is 1. The van der Waals surface area contributed by atoms with E-state index in [1.54, 1.807) is 31.4 Å². The normalized spacial score (nSPS) is 17.3. The van der Waals surface area contributed by atoms with Gasteiger partial charge in [-0.1, -0.05) is 42.5 Å². The van der Waals surface area contributed by atoms with Crippen molar-refractivity contribution in [1.29, 1.82) is 0 Å². The molecule has 3 aromatic rings. The van der Waals surface area contributed by atoms with Crippen molar-refractivity contribution in [3.05, 3.63) is 66.2 Å². The molecule has 2 aliphatic heterocycles. The van der Waals surface area contributed by atoms with E-state index in [9.17, 15) is 26.4 Å². The highest BCUT2D eigenvalue weighted by atomic mass is 32.2. The Morgan fingerprint density at radius 3 is 2.14 bits per heavy atom. The number of alkyl halides is 3. The summed E-state index contributed by atoms with van der Waals surface area (Å²) in [6.07, 6.45) is -5.08. The molecule has 0 aromatic heterocycles. The first-order valence-electron chi connectivity index (χ1n) is 13.9. The fourth-order valence-corrected chi connectivity index (χ4v) is 7.03. The fraction of sp³-hybridized carbons (Fsp3) is 0.400. The number of carboxylic acid groups (broad SMARTS) is 1. The van der Waals surface area contributed by atoms with Crippen LogP contribution in [0, 0.1) is 0 Å². The summed E-state index contributed by atoms with van der Waals surface area (Å²) in [5, 5.41) is 8.46. The number of para-hydroxylation sites is 1. The first-order chi connectivity index (χ1) is 20.8. The lowest BCUT2D eigenvalue weighted by Crippen LogP contribution is -2.51. The molecule has 1 unspecified atom stereocenters. The van der Waals surface area contributed by atoms with E-state index < -0.39 is 28.1 Å². The largest absolute Gasteiger partial charge is 0.496 e. The number of likely N-dealkylation sites (N-methyl/N-ethyl adjacent to an activating group) is 1. The molecule has 1 amide bonds. The summed E-state index contributed by atoms with van der Waals surface area (Å²) in [4.78, 5) is 29.2. The van der Waals surface area contributed by atoms with Crippen LogP contribution < -0.4 is 9.04 Å². The highest BCUT2D eigenvalue weighted by Crippen LogP contribution is 2.42. The van der Waals surface area contributed by atoms with Gasteiger partial charge in [0.25, 0.3) is 10.0 Å². The fourth-order valence-electron chi connectivity index (χ4n) is 5.33. The second-order valence-corrected chi connectivity index (χ2v) is 12.6. The quantitative estimate of drug-likeness (QED) is 0.420. The number of aliphatic carboxylic acids is 1. The molecule has 2 aliphatic rings. The van der Waals surface area contributed by atoms with E-state index in [1.165, 1.54) is 4.31 Å². The van der Waals surface area contributed by atoms with Crippen LogP contribution in [-0.4, -0.2) is 113 Å². The molecule has 1 saturated heterocycles. The number of carbonyl (C=O) groups excluding carboxylic acids is 1. The van der Waals surface area contributed by atoms with Crippen molar-refractivity contribution in [2.45, 2.75) is 17.0 Å². The number of halogens is 3. The average Bonchev–Trinajstić information content (AvgIpc) is 3.40. The number of ether oxygens (including phenoxy) is 1. The monoisotopic (exact) mass is 636 g/mol. The Hall–Kier alpha value is -3.88. The van der Waals surface area contributed by atoms with Gasteiger partial charge >= 0.3 is 12.1 Å². The number of carboxylic acids is 1. The molecule has 238 valence electrons. The lowest BCUT2D eigenvalue weighted by Gasteiger charge is -2.36. The Bertz CT molecular complexity index is 1610. The molecule has 0 radical (unpaired) electrons. The maximum Gasteiger partial charge on any atom is 0.490 e. The molecule has 14 heteroatoms. The maximum absolute atomic E-state index is 14.1. The minimum atomic E-state index is -5.08. The van der Waals surface area contributed by atoms with Gasteiger partial charge in [-0.15, -0.1) is 0 Å². The molecule has 1 N–H and O–H groups in total. The Morgan fingerprint density at radius 1 is 0.955 bits per heavy atom. The second-order valence-electron chi connectivity index (χ2n) is 10.7. The molecule has 0 bridgehead atoms. The second kappa shape index (κ2) is 13.4. The van der Waals surface area contributed by atoms with Crippen LogP contribution in [0.3, 0.4) is 0 Å². The molecule has 0 saturated carbocycles. The van der Waals surface area contributed by atoms with Crippen LogP contribution >= 0.6 is 0 Å². The summed E-state index contributed by atoms with van der Waals surface area (Å²) in [5.41, 5.74) is 1.34. The minimum absolute atomic E-state index is 0.00278. The van der Waals surface area contributed by atoms with Crippen LogP contribution in [0.5, 0.6) is 5.75 Å². The zero-order valence-electron chi connectivity index (χ0n) is 24.6. The highest BCUT2D eigenvalue weighted by molar-refractivity contribution is 7.93. The van der Waals surface area contributed by atoms with Gasteiger partial charge in [0.2, 0.25) is 5.91 Å². The van der Waals surface area contributed by atoms with Crippen molar-refractivity contribution < 1.29 is 41.0 Å². The summed E-state index contributed by atoms with van der Waals surface area (Å²) in [6.45, 7) is 5.02. The van der Waals surface area contributed by atoms with Gasteiger partial charge in [-0.3, -0.25) is 14.0 Å². The highest BCUT2D eigenvalue weighted by Gasteiger charge is 2.42. The predicted molar refractivity (Wildman–Crippen MR) is 159 cm³/mol. The van der Waals surface area contributed by atoms with Gasteiger partial charge in [-0.05, 0) is 37.9 Å². The molecule has 0 spiro atoms. The summed E-state index contributed by atoms with van der Waals surface area (Å²) in [7, 11) is 1.77. The molecule has 5 rings (SSSR count). The van der Waals surface area contributed by atoms with Crippen LogP contribution in [0.25, 0.3) is 10.8 Å². The topological polar surface area (TPSA) is 111 Å². The van der Waals surface area contributed by atoms with Crippen LogP contribution in [-0.2, 0) is 19.6 Å². The summed E-state index contributed by atoms with van der Waals surface area (Å²) in [5.74, 6) is -2.66. The van der Waals surface area contributed by atoms with Crippen LogP contribution in [0.4, 0.5) is 18.9 Å². The summed E-state index contributed by atoms with van der Waals surface area (Å²) < 4.78 is 66.8. The molecular formula is C30H35F3N4O6S. The molecule has 10 nitrogen and oxygen atoms in total. The number of carbonyl (C=O) groups is 2. The van der Waals surface area contributed by atoms with Gasteiger partial charge in [0.1, 0.15) is 5.75 Å². The number of sulfonamides is 1. The number of nitrogens with zero attached hydrogens (tertiary/aromatic N) is 4. The van der Waals surface area contributed by atoms with E-state index >= 15 is 0 Å². The minimum Gasteiger partial charge on any atom is -0.496 e. The number of methoxy groups -OCH3 is 1. The molecule has 44 heavy (non-hydrogen) atoms. The number of benzene rings is 3. The number of rotatable bonds is 7. The maximum atomic E-state index is 14.1. The molecule has 0 aliphatic carbocycles. The van der Waals surface area contributed by atoms with E-state index in [2.05, 4.69) is 23.9 Å². The molecular weight excluding hydrogens is 601 g/mol. The smallest absolute Gasteiger partial charge is 0.490 e. The predicted octanol–water partition coefficient (Wildman–Crippen LogP) is 3.48. The molecule has 1 atom stereocenters. The van der Waals surface area contributed by atoms with Crippen molar-refractivity contribution in [1.82, 2.24) is 14.7 Å². The van der Waals surface area contributed by atoms with Crippen LogP contribution in [0.2, 0.25) is 0 Å². The first kappa shape index (κ1) is 33.0. The SMILES string of the molecule is COc1ccc(S(=O)(=O)N2CC(C(=O)N3CCN(CCN(C)C)CC3)c3ccccc32)c2ccccc12.O=C(O)C(F)(F)F. The number of piperazine rings is 1. The van der Waals surface area contributed by atoms with E-state index in [4.69, 9.17) is 14.6 Å². The van der Waals surface area contributed by atoms with Crippen molar-refractivity contribution >= 4 is 38.4 Å². The zero-order valence-corrected chi connectivity index (χ0v) is 25.4. The lowest BCUT2D eigenvalue weighted by atomic mass is 9.99. The average molecular weight is 637 g/mol. The van der Waals surface area contributed by atoms with Gasteiger partial charge in [0.05, 0.1) is 30.2 Å². The Labute approximate surface area is 254 Å². The third-order valence-corrected chi connectivity index (χ3v) is 9.49. The van der Waals surface area contributed by atoms with E-state index in [1.807, 2.05) is 41.3 Å². The van der Waals surface area contributed by atoms with Gasteiger partial charge in [-0.25, -0.2) is 13.2 Å². The van der Waals surface area contributed by atoms with E-state index in [0.29, 0.717) is 29.9 Å². The third-order valence-electron chi connectivity index (χ3n) is 7.65. The van der Waals surface area contributed by atoms with Crippen molar-refractivity contribution in [2.75, 3.05) is 71.3 Å². The molecule has 3 aromatic carbocycles. The number of anilines is 1. The molecule has 2 heterocycles. The van der Waals surface area contributed by atoms with Crippen molar-refractivity contribution in [3.8, 4) is 5.75 Å². The Balaban J connectivity index is 0.000000566. The molecule has 1 fully saturated rings. The van der Waals surface area contributed by atoms with Gasteiger partial charge in [-0.2, -0.15) is 13.2 Å². The van der Waals surface area contributed by atoms with Gasteiger partial charge < -0.3 is 19.6 Å². The van der Waals surface area contributed by atoms with Crippen LogP contribution in [0.15, 0.2) is 65.6 Å². The van der Waals surface area contributed by atoms with E-state index in [0.717, 1.165) is 37.1 Å². The summed E-state index contributed by atoms with van der Waals surface area (Å²) in [6, 6.07) is 18.0. The van der Waals surface area contributed by atoms with Crippen molar-refractivity contribution in [3.63, 3.8) is 0 Å². The number of fused-ring (bicyclic) bond motifs is 2. The Morgan fingerprint density at radius 2 is 1.55 bits per heavy atom. The van der Waals surface area contributed by atoms with Crippen LogP contribution in [0.1, 0.15) is 11.5 Å². The van der Waals surface area contributed by atoms with E-state index in [-0.39, 0.29) is 17.3 Å². The van der Waals surface area contributed by atoms with Gasteiger partial charge in [0.15, 0.2) is 0 Å². The first-order valence-corrected chi connectivity index (χ1v) is 15.3. The summed E-state index contributed by atoms with van der Waals surface area (Å²) >= 11 is 0.